The SMILES string of the molecule is COc1cc(-n2cnc(Nc3nc(N4CCCC4CO)c4cccc(OC(C)C)c4n3)c2)cc(OC)c1OC. The Kier molecular flexibility index (Phi) is 7.60. The van der Waals surface area contributed by atoms with Crippen LogP contribution in [0.5, 0.6) is 23.0 Å². The molecule has 2 aromatic heterocycles. The summed E-state index contributed by atoms with van der Waals surface area (Å²) in [7, 11) is 4.73. The van der Waals surface area contributed by atoms with Crippen molar-refractivity contribution in [2.45, 2.75) is 38.8 Å². The van der Waals surface area contributed by atoms with Gasteiger partial charge in [0.25, 0.3) is 0 Å². The molecule has 1 atom stereocenters. The summed E-state index contributed by atoms with van der Waals surface area (Å²) in [5.74, 6) is 3.97. The van der Waals surface area contributed by atoms with Crippen LogP contribution < -0.4 is 29.2 Å². The second kappa shape index (κ2) is 11.2. The van der Waals surface area contributed by atoms with Crippen molar-refractivity contribution >= 4 is 28.5 Å². The lowest BCUT2D eigenvalue weighted by Crippen LogP contribution is -2.33. The van der Waals surface area contributed by atoms with Crippen LogP contribution in [-0.4, -0.2) is 71.3 Å². The van der Waals surface area contributed by atoms with Crippen LogP contribution in [0.4, 0.5) is 17.6 Å². The van der Waals surface area contributed by atoms with Gasteiger partial charge in [0.15, 0.2) is 17.3 Å². The summed E-state index contributed by atoms with van der Waals surface area (Å²) in [5.41, 5.74) is 1.48. The van der Waals surface area contributed by atoms with E-state index in [1.54, 1.807) is 27.7 Å². The molecule has 0 aliphatic carbocycles. The van der Waals surface area contributed by atoms with Gasteiger partial charge >= 0.3 is 0 Å². The van der Waals surface area contributed by atoms with E-state index in [0.29, 0.717) is 40.3 Å². The summed E-state index contributed by atoms with van der Waals surface area (Å²) in [6.07, 6.45) is 5.39. The fraction of sp³-hybridized carbons (Fsp3) is 0.393. The number of aromatic nitrogens is 4. The van der Waals surface area contributed by atoms with E-state index in [4.69, 9.17) is 28.9 Å². The quantitative estimate of drug-likeness (QED) is 0.304. The molecular weight excluding hydrogens is 500 g/mol. The first-order chi connectivity index (χ1) is 18.9. The van der Waals surface area contributed by atoms with Crippen LogP contribution in [0.2, 0.25) is 0 Å². The number of nitrogens with zero attached hydrogens (tertiary/aromatic N) is 5. The summed E-state index contributed by atoms with van der Waals surface area (Å²) in [6.45, 7) is 4.84. The number of ether oxygens (including phenoxy) is 4. The molecule has 1 aliphatic rings. The highest BCUT2D eigenvalue weighted by atomic mass is 16.5. The number of para-hydroxylation sites is 1. The molecule has 1 unspecified atom stereocenters. The molecule has 4 aromatic rings. The van der Waals surface area contributed by atoms with Gasteiger partial charge in [-0.05, 0) is 38.8 Å². The molecule has 1 aliphatic heterocycles. The summed E-state index contributed by atoms with van der Waals surface area (Å²) < 4.78 is 24.4. The third-order valence-corrected chi connectivity index (χ3v) is 6.66. The molecule has 206 valence electrons. The van der Waals surface area contributed by atoms with Gasteiger partial charge in [0.1, 0.15) is 23.4 Å². The van der Waals surface area contributed by atoms with Gasteiger partial charge in [0.2, 0.25) is 11.7 Å². The number of hydrogen-bond donors (Lipinski definition) is 2. The Balaban J connectivity index is 1.54. The lowest BCUT2D eigenvalue weighted by molar-refractivity contribution is 0.245. The standard InChI is InChI=1S/C28H34N6O5/c1-17(2)39-21-10-6-9-20-25(21)31-28(32-27(20)34-11-7-8-18(34)15-35)30-24-14-33(16-29-24)19-12-22(36-3)26(38-5)23(13-19)37-4/h6,9-10,12-14,16-18,35H,7-8,11,15H2,1-5H3,(H,30,31,32). The van der Waals surface area contributed by atoms with Crippen molar-refractivity contribution in [2.75, 3.05) is 44.7 Å². The van der Waals surface area contributed by atoms with Crippen LogP contribution in [0, 0.1) is 0 Å². The van der Waals surface area contributed by atoms with Gasteiger partial charge in [-0.25, -0.2) is 9.97 Å². The van der Waals surface area contributed by atoms with Gasteiger partial charge in [-0.15, -0.1) is 0 Å². The maximum atomic E-state index is 10.0. The highest BCUT2D eigenvalue weighted by molar-refractivity contribution is 5.94. The van der Waals surface area contributed by atoms with E-state index in [2.05, 4.69) is 15.2 Å². The third-order valence-electron chi connectivity index (χ3n) is 6.66. The first-order valence-electron chi connectivity index (χ1n) is 12.9. The molecule has 2 N–H and O–H groups in total. The summed E-state index contributed by atoms with van der Waals surface area (Å²) in [6, 6.07) is 9.54. The maximum absolute atomic E-state index is 10.0. The Bertz CT molecular complexity index is 1430. The van der Waals surface area contributed by atoms with Crippen molar-refractivity contribution in [3.05, 3.63) is 42.9 Å². The predicted molar refractivity (Wildman–Crippen MR) is 149 cm³/mol. The molecule has 2 aromatic carbocycles. The molecule has 1 fully saturated rings. The molecule has 0 saturated carbocycles. The Labute approximate surface area is 227 Å². The largest absolute Gasteiger partial charge is 0.493 e. The molecule has 0 bridgehead atoms. The number of nitrogens with one attached hydrogen (secondary N) is 1. The van der Waals surface area contributed by atoms with E-state index in [-0.39, 0.29) is 18.8 Å². The molecule has 3 heterocycles. The lowest BCUT2D eigenvalue weighted by Gasteiger charge is -2.26. The smallest absolute Gasteiger partial charge is 0.231 e. The molecule has 5 rings (SSSR count). The normalized spacial score (nSPS) is 15.2. The molecule has 39 heavy (non-hydrogen) atoms. The number of methoxy groups -OCH3 is 3. The van der Waals surface area contributed by atoms with Crippen LogP contribution in [-0.2, 0) is 0 Å². The number of fused-ring (bicyclic) bond motifs is 1. The van der Waals surface area contributed by atoms with Gasteiger partial charge in [0, 0.05) is 24.1 Å². The van der Waals surface area contributed by atoms with Crippen molar-refractivity contribution < 1.29 is 24.1 Å². The fourth-order valence-corrected chi connectivity index (χ4v) is 4.90. The molecule has 0 radical (unpaired) electrons. The fourth-order valence-electron chi connectivity index (χ4n) is 4.90. The van der Waals surface area contributed by atoms with Crippen molar-refractivity contribution in [3.63, 3.8) is 0 Å². The Morgan fingerprint density at radius 2 is 1.82 bits per heavy atom. The second-order valence-corrected chi connectivity index (χ2v) is 9.54. The van der Waals surface area contributed by atoms with Crippen LogP contribution in [0.1, 0.15) is 26.7 Å². The number of hydrogen-bond acceptors (Lipinski definition) is 10. The van der Waals surface area contributed by atoms with Gasteiger partial charge in [-0.2, -0.15) is 4.98 Å². The number of benzene rings is 2. The summed E-state index contributed by atoms with van der Waals surface area (Å²) in [4.78, 5) is 16.4. The van der Waals surface area contributed by atoms with E-state index in [1.165, 1.54) is 0 Å². The number of imidazole rings is 1. The average molecular weight is 535 g/mol. The van der Waals surface area contributed by atoms with Gasteiger partial charge < -0.3 is 38.8 Å². The topological polar surface area (TPSA) is 116 Å². The average Bonchev–Trinajstić information content (AvgIpc) is 3.61. The lowest BCUT2D eigenvalue weighted by atomic mass is 10.2. The number of aliphatic hydroxyl groups is 1. The first kappa shape index (κ1) is 26.4. The minimum atomic E-state index is -0.0171. The highest BCUT2D eigenvalue weighted by Crippen LogP contribution is 2.40. The van der Waals surface area contributed by atoms with Gasteiger partial charge in [-0.3, -0.25) is 0 Å². The molecule has 11 nitrogen and oxygen atoms in total. The zero-order valence-corrected chi connectivity index (χ0v) is 22.8. The maximum Gasteiger partial charge on any atom is 0.231 e. The highest BCUT2D eigenvalue weighted by Gasteiger charge is 2.28. The first-order valence-corrected chi connectivity index (χ1v) is 12.9. The zero-order valence-electron chi connectivity index (χ0n) is 22.8. The predicted octanol–water partition coefficient (Wildman–Crippen LogP) is 4.33. The van der Waals surface area contributed by atoms with Crippen molar-refractivity contribution in [1.29, 1.82) is 0 Å². The van der Waals surface area contributed by atoms with Gasteiger partial charge in [0.05, 0.1) is 52.0 Å². The van der Waals surface area contributed by atoms with Crippen LogP contribution in [0.3, 0.4) is 0 Å². The van der Waals surface area contributed by atoms with E-state index in [9.17, 15) is 5.11 Å². The molecule has 1 saturated heterocycles. The second-order valence-electron chi connectivity index (χ2n) is 9.54. The van der Waals surface area contributed by atoms with E-state index in [1.807, 2.05) is 54.9 Å². The third kappa shape index (κ3) is 5.22. The van der Waals surface area contributed by atoms with Crippen molar-refractivity contribution in [2.24, 2.45) is 0 Å². The minimum Gasteiger partial charge on any atom is -0.493 e. The van der Waals surface area contributed by atoms with Crippen molar-refractivity contribution in [3.8, 4) is 28.7 Å². The van der Waals surface area contributed by atoms with E-state index < -0.39 is 0 Å². The van der Waals surface area contributed by atoms with E-state index in [0.717, 1.165) is 36.3 Å². The minimum absolute atomic E-state index is 0.00450. The van der Waals surface area contributed by atoms with Crippen LogP contribution in [0.15, 0.2) is 42.9 Å². The summed E-state index contributed by atoms with van der Waals surface area (Å²) in [5, 5.41) is 14.1. The van der Waals surface area contributed by atoms with E-state index >= 15 is 0 Å². The number of aliphatic hydroxyl groups excluding tert-OH is 1. The molecule has 11 heteroatoms. The Morgan fingerprint density at radius 3 is 2.49 bits per heavy atom. The molecular formula is C28H34N6O5. The number of anilines is 3. The van der Waals surface area contributed by atoms with Crippen LogP contribution in [0.25, 0.3) is 16.6 Å². The van der Waals surface area contributed by atoms with Gasteiger partial charge in [-0.1, -0.05) is 6.07 Å². The Morgan fingerprint density at radius 1 is 1.05 bits per heavy atom. The monoisotopic (exact) mass is 534 g/mol. The van der Waals surface area contributed by atoms with Crippen molar-refractivity contribution in [1.82, 2.24) is 19.5 Å². The Hall–Kier alpha value is -4.25. The van der Waals surface area contributed by atoms with Crippen LogP contribution >= 0.6 is 0 Å². The molecule has 0 amide bonds. The molecule has 0 spiro atoms. The zero-order chi connectivity index (χ0) is 27.5. The number of rotatable bonds is 10. The summed E-state index contributed by atoms with van der Waals surface area (Å²) >= 11 is 0.